The van der Waals surface area contributed by atoms with Crippen LogP contribution in [-0.4, -0.2) is 82.2 Å². The van der Waals surface area contributed by atoms with E-state index in [0.717, 1.165) is 55.4 Å². The molecule has 0 radical (unpaired) electrons. The van der Waals surface area contributed by atoms with Gasteiger partial charge in [-0.15, -0.1) is 11.3 Å². The van der Waals surface area contributed by atoms with E-state index >= 15 is 0 Å². The van der Waals surface area contributed by atoms with Gasteiger partial charge in [0, 0.05) is 12.8 Å². The van der Waals surface area contributed by atoms with Crippen molar-refractivity contribution < 1.29 is 33.4 Å². The molecule has 4 atom stereocenters. The number of ether oxygens (including phenoxy) is 3. The molecule has 1 saturated carbocycles. The predicted molar refractivity (Wildman–Crippen MR) is 224 cm³/mol. The summed E-state index contributed by atoms with van der Waals surface area (Å²) in [4.78, 5) is 67.5. The fraction of sp³-hybridized carbons (Fsp3) is 0.467. The molecule has 0 unspecified atom stereocenters. The average molecular weight is 810 g/mol. The summed E-state index contributed by atoms with van der Waals surface area (Å²) in [5.74, 6) is -1.17. The summed E-state index contributed by atoms with van der Waals surface area (Å²) < 4.78 is 17.9. The molecule has 12 nitrogen and oxygen atoms in total. The van der Waals surface area contributed by atoms with Crippen molar-refractivity contribution in [3.63, 3.8) is 0 Å². The van der Waals surface area contributed by atoms with Crippen molar-refractivity contribution in [1.82, 2.24) is 25.5 Å². The molecule has 1 aliphatic carbocycles. The van der Waals surface area contributed by atoms with Crippen LogP contribution in [0.4, 0.5) is 4.79 Å². The zero-order chi connectivity index (χ0) is 40.7. The second-order valence-corrected chi connectivity index (χ2v) is 15.9. The highest BCUT2D eigenvalue weighted by molar-refractivity contribution is 7.13. The highest BCUT2D eigenvalue weighted by Crippen LogP contribution is 2.34. The largest absolute Gasteiger partial charge is 0.471 e. The number of aromatic nitrogens is 2. The number of thiophene rings is 1. The van der Waals surface area contributed by atoms with Gasteiger partial charge in [-0.25, -0.2) is 19.6 Å². The summed E-state index contributed by atoms with van der Waals surface area (Å²) in [5.41, 5.74) is 2.96. The Morgan fingerprint density at radius 1 is 0.897 bits per heavy atom. The SMILES string of the molecule is C/C=C\CCCCC[C@H](NC(=O)OC1CCCC1)C(=O)N1C[C@H](Oc2nc3ccccc3nc2-c2cccs2)C[C@H]1C(=O)N[C@@H](CC)C(=O)OCCc1ccccc1. The number of nitrogens with zero attached hydrogens (tertiary/aromatic N) is 3. The molecule has 2 fully saturated rings. The highest BCUT2D eigenvalue weighted by Gasteiger charge is 2.44. The van der Waals surface area contributed by atoms with Crippen LogP contribution in [0.3, 0.4) is 0 Å². The van der Waals surface area contributed by atoms with Crippen LogP contribution in [0.5, 0.6) is 5.88 Å². The lowest BCUT2D eigenvalue weighted by molar-refractivity contribution is -0.149. The number of benzene rings is 2. The molecule has 58 heavy (non-hydrogen) atoms. The molecule has 308 valence electrons. The lowest BCUT2D eigenvalue weighted by Gasteiger charge is -2.29. The zero-order valence-corrected chi connectivity index (χ0v) is 34.3. The van der Waals surface area contributed by atoms with Crippen LogP contribution in [0.25, 0.3) is 21.6 Å². The lowest BCUT2D eigenvalue weighted by atomic mass is 10.0. The molecular formula is C45H55N5O7S. The predicted octanol–water partition coefficient (Wildman–Crippen LogP) is 7.95. The number of carbonyl (C=O) groups excluding carboxylic acids is 4. The molecule has 4 aromatic rings. The number of hydrogen-bond acceptors (Lipinski definition) is 10. The third-order valence-corrected chi connectivity index (χ3v) is 11.5. The Kier molecular flexibility index (Phi) is 15.7. The quantitative estimate of drug-likeness (QED) is 0.0547. The van der Waals surface area contributed by atoms with Crippen molar-refractivity contribution in [3.8, 4) is 16.5 Å². The van der Waals surface area contributed by atoms with Gasteiger partial charge in [-0.3, -0.25) is 9.59 Å². The number of rotatable bonds is 19. The van der Waals surface area contributed by atoms with E-state index in [4.69, 9.17) is 24.2 Å². The average Bonchev–Trinajstić information content (AvgIpc) is 4.04. The summed E-state index contributed by atoms with van der Waals surface area (Å²) in [5, 5.41) is 7.70. The van der Waals surface area contributed by atoms with E-state index in [-0.39, 0.29) is 32.1 Å². The monoisotopic (exact) mass is 809 g/mol. The van der Waals surface area contributed by atoms with Crippen molar-refractivity contribution in [2.45, 2.75) is 121 Å². The first-order valence-corrected chi connectivity index (χ1v) is 21.6. The molecule has 0 bridgehead atoms. The standard InChI is InChI=1S/C45H55N5O7S/c1-3-5-6-7-8-12-24-37(49-45(54)57-32-20-13-14-21-32)43(52)50-30-33(56-42-40(39-25-17-28-58-39)46-35-22-15-16-23-36(35)48-42)29-38(50)41(51)47-34(4-2)44(53)55-27-26-31-18-10-9-11-19-31/h3,5,9-11,15-19,22-23,25,28,32-34,37-38H,4,6-8,12-14,20-21,24,26-27,29-30H2,1-2H3,(H,47,51)(H,49,54)/b5-3-/t33-,34+,37+,38+/m1/s1. The number of alkyl carbamates (subject to hydrolysis) is 1. The summed E-state index contributed by atoms with van der Waals surface area (Å²) in [6, 6.07) is 18.2. The van der Waals surface area contributed by atoms with Gasteiger partial charge >= 0.3 is 12.1 Å². The summed E-state index contributed by atoms with van der Waals surface area (Å²) in [7, 11) is 0. The fourth-order valence-corrected chi connectivity index (χ4v) is 8.23. The van der Waals surface area contributed by atoms with Crippen molar-refractivity contribution in [3.05, 3.63) is 89.8 Å². The van der Waals surface area contributed by atoms with Crippen molar-refractivity contribution in [2.75, 3.05) is 13.2 Å². The molecule has 0 spiro atoms. The molecule has 2 aromatic carbocycles. The van der Waals surface area contributed by atoms with E-state index in [1.54, 1.807) is 6.92 Å². The topological polar surface area (TPSA) is 149 Å². The number of allylic oxidation sites excluding steroid dienone is 2. The Balaban J connectivity index is 1.23. The number of unbranched alkanes of at least 4 members (excludes halogenated alkanes) is 3. The van der Waals surface area contributed by atoms with Crippen molar-refractivity contribution >= 4 is 46.2 Å². The number of hydrogen-bond donors (Lipinski definition) is 2. The summed E-state index contributed by atoms with van der Waals surface area (Å²) in [6.07, 6.45) is 11.0. The summed E-state index contributed by atoms with van der Waals surface area (Å²) >= 11 is 1.51. The van der Waals surface area contributed by atoms with Crippen LogP contribution < -0.4 is 15.4 Å². The molecule has 3 heterocycles. The van der Waals surface area contributed by atoms with Crippen molar-refractivity contribution in [2.24, 2.45) is 0 Å². The van der Waals surface area contributed by atoms with Crippen LogP contribution in [0.15, 0.2) is 84.3 Å². The number of likely N-dealkylation sites (tertiary alicyclic amines) is 1. The van der Waals surface area contributed by atoms with Crippen LogP contribution in [0.1, 0.15) is 90.0 Å². The van der Waals surface area contributed by atoms with Gasteiger partial charge in [0.05, 0.1) is 29.1 Å². The van der Waals surface area contributed by atoms with E-state index < -0.39 is 48.1 Å². The molecule has 2 N–H and O–H groups in total. The third-order valence-electron chi connectivity index (χ3n) is 10.7. The maximum atomic E-state index is 14.7. The smallest absolute Gasteiger partial charge is 0.408 e. The molecule has 3 amide bonds. The van der Waals surface area contributed by atoms with E-state index in [9.17, 15) is 19.2 Å². The molecule has 2 aromatic heterocycles. The van der Waals surface area contributed by atoms with Gasteiger partial charge in [0.2, 0.25) is 17.7 Å². The Bertz CT molecular complexity index is 1990. The minimum Gasteiger partial charge on any atom is -0.471 e. The first kappa shape index (κ1) is 42.3. The molecule has 13 heteroatoms. The number of para-hydroxylation sites is 2. The van der Waals surface area contributed by atoms with Gasteiger partial charge in [0.1, 0.15) is 36.0 Å². The van der Waals surface area contributed by atoms with Crippen LogP contribution in [0, 0.1) is 0 Å². The first-order chi connectivity index (χ1) is 28.3. The van der Waals surface area contributed by atoms with Crippen LogP contribution in [-0.2, 0) is 30.3 Å². The Labute approximate surface area is 344 Å². The molecule has 2 aliphatic rings. The normalized spacial score (nSPS) is 17.9. The van der Waals surface area contributed by atoms with Gasteiger partial charge in [0.25, 0.3) is 0 Å². The van der Waals surface area contributed by atoms with Gasteiger partial charge in [-0.1, -0.05) is 80.4 Å². The van der Waals surface area contributed by atoms with Crippen LogP contribution >= 0.6 is 11.3 Å². The molecule has 6 rings (SSSR count). The maximum Gasteiger partial charge on any atom is 0.408 e. The minimum absolute atomic E-state index is 0.0464. The number of esters is 1. The first-order valence-electron chi connectivity index (χ1n) is 20.7. The van der Waals surface area contributed by atoms with E-state index in [0.29, 0.717) is 41.9 Å². The highest BCUT2D eigenvalue weighted by atomic mass is 32.1. The van der Waals surface area contributed by atoms with E-state index in [1.165, 1.54) is 16.2 Å². The number of nitrogens with one attached hydrogen (secondary N) is 2. The molecule has 1 saturated heterocycles. The third kappa shape index (κ3) is 11.6. The number of carbonyl (C=O) groups is 4. The second kappa shape index (κ2) is 21.5. The zero-order valence-electron chi connectivity index (χ0n) is 33.5. The number of fused-ring (bicyclic) bond motifs is 1. The minimum atomic E-state index is -1.01. The van der Waals surface area contributed by atoms with Gasteiger partial charge in [0.15, 0.2) is 0 Å². The van der Waals surface area contributed by atoms with E-state index in [1.807, 2.05) is 85.1 Å². The lowest BCUT2D eigenvalue weighted by Crippen LogP contribution is -2.55. The Morgan fingerprint density at radius 2 is 1.66 bits per heavy atom. The Morgan fingerprint density at radius 3 is 2.38 bits per heavy atom. The maximum absolute atomic E-state index is 14.7. The second-order valence-electron chi connectivity index (χ2n) is 14.9. The molecule has 1 aliphatic heterocycles. The van der Waals surface area contributed by atoms with Gasteiger partial charge in [-0.05, 0) is 87.4 Å². The fourth-order valence-electron chi connectivity index (χ4n) is 7.53. The van der Waals surface area contributed by atoms with Crippen molar-refractivity contribution in [1.29, 1.82) is 0 Å². The number of amides is 3. The van der Waals surface area contributed by atoms with E-state index in [2.05, 4.69) is 16.7 Å². The van der Waals surface area contributed by atoms with Gasteiger partial charge < -0.3 is 29.7 Å². The van der Waals surface area contributed by atoms with Gasteiger partial charge in [-0.2, -0.15) is 0 Å². The summed E-state index contributed by atoms with van der Waals surface area (Å²) in [6.45, 7) is 3.99. The Hall–Kier alpha value is -5.30. The van der Waals surface area contributed by atoms with Crippen LogP contribution in [0.2, 0.25) is 0 Å². The molecular weight excluding hydrogens is 755 g/mol.